The molecular weight excluding hydrogens is 442 g/mol. The first-order valence-electron chi connectivity index (χ1n) is 11.1. The Morgan fingerprint density at radius 2 is 1.76 bits per heavy atom. The molecule has 2 amide bonds. The zero-order chi connectivity index (χ0) is 22.9. The third-order valence-electron chi connectivity index (χ3n) is 5.99. The number of hydrogen-bond acceptors (Lipinski definition) is 5. The minimum Gasteiger partial charge on any atom is -0.476 e. The number of amides is 2. The van der Waals surface area contributed by atoms with Crippen LogP contribution in [0, 0.1) is 6.92 Å². The molecule has 1 aromatic heterocycles. The molecule has 0 aliphatic carbocycles. The highest BCUT2D eigenvalue weighted by Gasteiger charge is 2.37. The van der Waals surface area contributed by atoms with Crippen molar-refractivity contribution in [1.82, 2.24) is 19.7 Å². The highest BCUT2D eigenvalue weighted by molar-refractivity contribution is 6.30. The Bertz CT molecular complexity index is 1190. The SMILES string of the molecule is Cc1nc(C(=O)N2C[C@H](C(=O)N3CCCCC3)Oc3ccccc32)nn1-c1ccc(Cl)cc1. The zero-order valence-electron chi connectivity index (χ0n) is 18.3. The maximum atomic E-state index is 13.5. The smallest absolute Gasteiger partial charge is 0.298 e. The number of halogens is 1. The molecule has 33 heavy (non-hydrogen) atoms. The van der Waals surface area contributed by atoms with Gasteiger partial charge in [-0.05, 0) is 62.6 Å². The lowest BCUT2D eigenvalue weighted by atomic mass is 10.1. The van der Waals surface area contributed by atoms with E-state index in [2.05, 4.69) is 10.1 Å². The highest BCUT2D eigenvalue weighted by atomic mass is 35.5. The summed E-state index contributed by atoms with van der Waals surface area (Å²) in [6.45, 7) is 3.34. The van der Waals surface area contributed by atoms with Gasteiger partial charge in [0.1, 0.15) is 11.6 Å². The molecule has 9 heteroatoms. The second-order valence-corrected chi connectivity index (χ2v) is 8.68. The van der Waals surface area contributed by atoms with Crippen molar-refractivity contribution in [2.24, 2.45) is 0 Å². The Balaban J connectivity index is 1.44. The van der Waals surface area contributed by atoms with E-state index in [0.29, 0.717) is 22.3 Å². The van der Waals surface area contributed by atoms with Crippen LogP contribution in [0.25, 0.3) is 5.69 Å². The number of ether oxygens (including phenoxy) is 1. The quantitative estimate of drug-likeness (QED) is 0.589. The summed E-state index contributed by atoms with van der Waals surface area (Å²) < 4.78 is 7.63. The monoisotopic (exact) mass is 465 g/mol. The van der Waals surface area contributed by atoms with Crippen molar-refractivity contribution in [3.05, 3.63) is 65.2 Å². The van der Waals surface area contributed by atoms with Crippen LogP contribution in [0.1, 0.15) is 35.7 Å². The molecule has 3 heterocycles. The minimum atomic E-state index is -0.763. The Hall–Kier alpha value is -3.39. The van der Waals surface area contributed by atoms with Crippen molar-refractivity contribution >= 4 is 29.1 Å². The number of para-hydroxylation sites is 2. The van der Waals surface area contributed by atoms with E-state index in [1.165, 1.54) is 0 Å². The third kappa shape index (κ3) is 4.18. The lowest BCUT2D eigenvalue weighted by Crippen LogP contribution is -2.53. The Morgan fingerprint density at radius 3 is 2.52 bits per heavy atom. The predicted octanol–water partition coefficient (Wildman–Crippen LogP) is 3.65. The molecule has 2 aliphatic heterocycles. The topological polar surface area (TPSA) is 80.6 Å². The van der Waals surface area contributed by atoms with Gasteiger partial charge in [0.05, 0.1) is 17.9 Å². The molecule has 8 nitrogen and oxygen atoms in total. The largest absolute Gasteiger partial charge is 0.476 e. The summed E-state index contributed by atoms with van der Waals surface area (Å²) >= 11 is 5.99. The van der Waals surface area contributed by atoms with Crippen LogP contribution in [0.15, 0.2) is 48.5 Å². The first-order chi connectivity index (χ1) is 16.0. The van der Waals surface area contributed by atoms with E-state index in [9.17, 15) is 9.59 Å². The number of rotatable bonds is 3. The minimum absolute atomic E-state index is 0.0586. The standard InChI is InChI=1S/C24H24ClN5O3/c1-16-26-22(27-30(16)18-11-9-17(25)10-12-18)24(32)29-15-21(23(31)28-13-5-2-6-14-28)33-20-8-4-3-7-19(20)29/h3-4,7-12,21H,2,5-6,13-15H2,1H3/t21-/m1/s1. The molecule has 0 radical (unpaired) electrons. The van der Waals surface area contributed by atoms with E-state index in [0.717, 1.165) is 38.0 Å². The van der Waals surface area contributed by atoms with Gasteiger partial charge in [-0.15, -0.1) is 5.10 Å². The molecule has 0 unspecified atom stereocenters. The van der Waals surface area contributed by atoms with Crippen molar-refractivity contribution in [2.45, 2.75) is 32.3 Å². The van der Waals surface area contributed by atoms with E-state index in [1.54, 1.807) is 40.8 Å². The van der Waals surface area contributed by atoms with Crippen LogP contribution in [0.3, 0.4) is 0 Å². The van der Waals surface area contributed by atoms with Gasteiger partial charge in [0, 0.05) is 18.1 Å². The van der Waals surface area contributed by atoms with E-state index in [1.807, 2.05) is 29.2 Å². The first kappa shape index (κ1) is 21.5. The number of likely N-dealkylation sites (tertiary alicyclic amines) is 1. The van der Waals surface area contributed by atoms with Gasteiger partial charge >= 0.3 is 0 Å². The summed E-state index contributed by atoms with van der Waals surface area (Å²) in [5.74, 6) is 0.670. The number of aromatic nitrogens is 3. The molecule has 1 fully saturated rings. The third-order valence-corrected chi connectivity index (χ3v) is 6.25. The molecule has 1 saturated heterocycles. The van der Waals surface area contributed by atoms with Crippen molar-refractivity contribution in [3.8, 4) is 11.4 Å². The number of carbonyl (C=O) groups is 2. The second-order valence-electron chi connectivity index (χ2n) is 8.25. The highest BCUT2D eigenvalue weighted by Crippen LogP contribution is 2.34. The van der Waals surface area contributed by atoms with Gasteiger partial charge in [-0.1, -0.05) is 23.7 Å². The van der Waals surface area contributed by atoms with Crippen molar-refractivity contribution in [3.63, 3.8) is 0 Å². The second kappa shape index (κ2) is 8.86. The summed E-state index contributed by atoms with van der Waals surface area (Å²) in [5, 5.41) is 5.07. The molecule has 0 saturated carbocycles. The molecule has 3 aromatic rings. The van der Waals surface area contributed by atoms with Gasteiger partial charge in [0.2, 0.25) is 5.82 Å². The fourth-order valence-electron chi connectivity index (χ4n) is 4.30. The van der Waals surface area contributed by atoms with Gasteiger partial charge < -0.3 is 9.64 Å². The van der Waals surface area contributed by atoms with E-state index in [4.69, 9.17) is 16.3 Å². The number of hydrogen-bond donors (Lipinski definition) is 0. The summed E-state index contributed by atoms with van der Waals surface area (Å²) in [6.07, 6.45) is 2.34. The predicted molar refractivity (Wildman–Crippen MR) is 124 cm³/mol. The van der Waals surface area contributed by atoms with Crippen LogP contribution in [0.4, 0.5) is 5.69 Å². The number of fused-ring (bicyclic) bond motifs is 1. The number of piperidine rings is 1. The molecule has 5 rings (SSSR count). The van der Waals surface area contributed by atoms with E-state index >= 15 is 0 Å². The average Bonchev–Trinajstić information content (AvgIpc) is 3.25. The maximum absolute atomic E-state index is 13.5. The van der Waals surface area contributed by atoms with Gasteiger partial charge in [-0.2, -0.15) is 0 Å². The summed E-state index contributed by atoms with van der Waals surface area (Å²) in [7, 11) is 0. The number of aryl methyl sites for hydroxylation is 1. The molecule has 0 spiro atoms. The fourth-order valence-corrected chi connectivity index (χ4v) is 4.43. The van der Waals surface area contributed by atoms with Gasteiger partial charge in [-0.3, -0.25) is 14.5 Å². The molecular formula is C24H24ClN5O3. The van der Waals surface area contributed by atoms with Crippen LogP contribution in [0.5, 0.6) is 5.75 Å². The van der Waals surface area contributed by atoms with Gasteiger partial charge in [0.25, 0.3) is 11.8 Å². The molecule has 170 valence electrons. The van der Waals surface area contributed by atoms with Crippen molar-refractivity contribution in [1.29, 1.82) is 0 Å². The van der Waals surface area contributed by atoms with Gasteiger partial charge in [0.15, 0.2) is 6.10 Å². The zero-order valence-corrected chi connectivity index (χ0v) is 19.0. The molecule has 1 atom stereocenters. The first-order valence-corrected chi connectivity index (χ1v) is 11.4. The van der Waals surface area contributed by atoms with Crippen LogP contribution in [0.2, 0.25) is 5.02 Å². The molecule has 0 bridgehead atoms. The van der Waals surface area contributed by atoms with E-state index < -0.39 is 6.10 Å². The van der Waals surface area contributed by atoms with Gasteiger partial charge in [-0.25, -0.2) is 9.67 Å². The summed E-state index contributed by atoms with van der Waals surface area (Å²) in [5.41, 5.74) is 1.36. The Kier molecular flexibility index (Phi) is 5.76. The normalized spacial score (nSPS) is 17.9. The number of carbonyl (C=O) groups excluding carboxylic acids is 2. The number of benzene rings is 2. The maximum Gasteiger partial charge on any atom is 0.298 e. The lowest BCUT2D eigenvalue weighted by Gasteiger charge is -2.37. The van der Waals surface area contributed by atoms with Crippen molar-refractivity contribution in [2.75, 3.05) is 24.5 Å². The van der Waals surface area contributed by atoms with Crippen LogP contribution >= 0.6 is 11.6 Å². The Labute approximate surface area is 196 Å². The number of anilines is 1. The average molecular weight is 466 g/mol. The van der Waals surface area contributed by atoms with Crippen molar-refractivity contribution < 1.29 is 14.3 Å². The van der Waals surface area contributed by atoms with Crippen LogP contribution in [-0.2, 0) is 4.79 Å². The summed E-state index contributed by atoms with van der Waals surface area (Å²) in [6, 6.07) is 14.4. The molecule has 2 aromatic carbocycles. The lowest BCUT2D eigenvalue weighted by molar-refractivity contribution is -0.139. The molecule has 2 aliphatic rings. The number of nitrogens with zero attached hydrogens (tertiary/aromatic N) is 5. The fraction of sp³-hybridized carbons (Fsp3) is 0.333. The molecule has 0 N–H and O–H groups in total. The van der Waals surface area contributed by atoms with Crippen LogP contribution in [-0.4, -0.2) is 57.2 Å². The summed E-state index contributed by atoms with van der Waals surface area (Å²) in [4.78, 5) is 34.5. The van der Waals surface area contributed by atoms with Crippen LogP contribution < -0.4 is 9.64 Å². The Morgan fingerprint density at radius 1 is 1.03 bits per heavy atom. The van der Waals surface area contributed by atoms with E-state index in [-0.39, 0.29) is 24.2 Å².